The van der Waals surface area contributed by atoms with Crippen LogP contribution < -0.4 is 32.3 Å². The van der Waals surface area contributed by atoms with Gasteiger partial charge in [0.2, 0.25) is 23.6 Å². The van der Waals surface area contributed by atoms with E-state index in [0.29, 0.717) is 62.8 Å². The van der Waals surface area contributed by atoms with Crippen molar-refractivity contribution in [1.82, 2.24) is 26.6 Å². The summed E-state index contributed by atoms with van der Waals surface area (Å²) in [6, 6.07) is 11.4. The van der Waals surface area contributed by atoms with Crippen LogP contribution in [0.15, 0.2) is 48.5 Å². The van der Waals surface area contributed by atoms with E-state index in [2.05, 4.69) is 78.5 Å². The third kappa shape index (κ3) is 12.6. The molecule has 7 N–H and O–H groups in total. The Bertz CT molecular complexity index is 1930. The molecule has 2 saturated heterocycles. The molecule has 2 bridgehead atoms. The van der Waals surface area contributed by atoms with Crippen LogP contribution in [0.4, 0.5) is 0 Å². The average molecular weight is 901 g/mol. The van der Waals surface area contributed by atoms with Gasteiger partial charge in [-0.05, 0) is 138 Å². The molecule has 1 unspecified atom stereocenters. The highest BCUT2D eigenvalue weighted by atomic mass is 16.7. The molecule has 2 heterocycles. The van der Waals surface area contributed by atoms with E-state index in [9.17, 15) is 24.0 Å². The Labute approximate surface area is 385 Å². The zero-order valence-electron chi connectivity index (χ0n) is 39.4. The van der Waals surface area contributed by atoms with Gasteiger partial charge in [-0.3, -0.25) is 24.0 Å². The Hall–Kier alpha value is -4.35. The fraction of sp³-hybridized carbons (Fsp3) is 0.653. The zero-order chi connectivity index (χ0) is 46.7. The molecule has 9 atom stereocenters. The molecule has 0 aromatic heterocycles. The third-order valence-electron chi connectivity index (χ3n) is 14.2. The molecule has 2 aromatic carbocycles. The van der Waals surface area contributed by atoms with E-state index in [4.69, 9.17) is 24.5 Å². The van der Waals surface area contributed by atoms with E-state index in [1.165, 1.54) is 12.5 Å². The first kappa shape index (κ1) is 50.1. The summed E-state index contributed by atoms with van der Waals surface area (Å²) in [5.74, 6) is -2.23. The number of nitrogens with two attached hydrogens (primary N) is 1. The molecule has 5 fully saturated rings. The van der Waals surface area contributed by atoms with Gasteiger partial charge in [0.25, 0.3) is 5.91 Å². The lowest BCUT2D eigenvalue weighted by Crippen LogP contribution is -2.65. The Morgan fingerprint density at radius 1 is 0.877 bits per heavy atom. The lowest BCUT2D eigenvalue weighted by molar-refractivity contribution is -0.199. The minimum absolute atomic E-state index is 0.0452. The normalized spacial score (nSPS) is 28.1. The maximum absolute atomic E-state index is 13.9. The topological polar surface area (TPSA) is 208 Å². The molecule has 3 aliphatic carbocycles. The van der Waals surface area contributed by atoms with E-state index in [1.807, 2.05) is 19.1 Å². The van der Waals surface area contributed by atoms with E-state index in [1.54, 1.807) is 12.1 Å². The number of aryl methyl sites for hydroxylation is 1. The molecule has 5 aliphatic rings. The fourth-order valence-electron chi connectivity index (χ4n) is 9.88. The molecule has 2 aromatic rings. The molecule has 3 saturated carbocycles. The van der Waals surface area contributed by atoms with Crippen LogP contribution in [0, 0.1) is 17.3 Å². The SMILES string of the molecule is CCCCc1ccc(-c2ccc(C(=O)NC(CCCCN)C(=O)N[C@H]3COCCCCOCC[C@@H](C(=O)N[C@@H](C)B4O[C@@H]5C[C@@H]6C[C@@H](C6(C)C)[C@]5(C)O4)NC(=O)[C@H](C)NC3=O)cc2)cc1. The summed E-state index contributed by atoms with van der Waals surface area (Å²) in [4.78, 5) is 68.8. The van der Waals surface area contributed by atoms with Crippen molar-refractivity contribution in [1.29, 1.82) is 0 Å². The molecule has 7 rings (SSSR count). The Kier molecular flexibility index (Phi) is 17.6. The number of amides is 5. The smallest absolute Gasteiger partial charge is 0.404 e. The van der Waals surface area contributed by atoms with Crippen molar-refractivity contribution in [3.05, 3.63) is 59.7 Å². The zero-order valence-corrected chi connectivity index (χ0v) is 39.4. The highest BCUT2D eigenvalue weighted by Crippen LogP contribution is 2.65. The van der Waals surface area contributed by atoms with Crippen LogP contribution in [0.3, 0.4) is 0 Å². The molecule has 356 valence electrons. The molecular weight excluding hydrogens is 827 g/mol. The van der Waals surface area contributed by atoms with Gasteiger partial charge in [0.15, 0.2) is 0 Å². The minimum atomic E-state index is -1.20. The van der Waals surface area contributed by atoms with Gasteiger partial charge in [0.1, 0.15) is 24.2 Å². The molecule has 0 radical (unpaired) electrons. The lowest BCUT2D eigenvalue weighted by Gasteiger charge is -2.64. The first-order chi connectivity index (χ1) is 31.1. The molecular formula is C49H73BN6O9. The van der Waals surface area contributed by atoms with Gasteiger partial charge >= 0.3 is 7.12 Å². The number of hydrogen-bond donors (Lipinski definition) is 6. The van der Waals surface area contributed by atoms with Crippen molar-refractivity contribution in [2.45, 2.75) is 154 Å². The van der Waals surface area contributed by atoms with E-state index in [0.717, 1.165) is 43.2 Å². The monoisotopic (exact) mass is 901 g/mol. The quantitative estimate of drug-likeness (QED) is 0.110. The maximum Gasteiger partial charge on any atom is 0.481 e. The summed E-state index contributed by atoms with van der Waals surface area (Å²) in [7, 11) is -0.640. The first-order valence-corrected chi connectivity index (χ1v) is 24.0. The second-order valence-corrected chi connectivity index (χ2v) is 19.4. The van der Waals surface area contributed by atoms with Crippen LogP contribution in [-0.4, -0.2) is 111 Å². The van der Waals surface area contributed by atoms with Crippen molar-refractivity contribution in [2.24, 2.45) is 23.0 Å². The standard InChI is InChI=1S/C49H73BN6O9/c1-7-8-13-33-15-17-34(18-16-33)35-19-21-36(22-20-35)44(58)55-38(14-9-10-24-51)46(60)56-40-30-63-26-12-11-25-62-27-23-39(54-43(57)31(2)52-47(40)61)45(59)53-32(3)50-64-42-29-37-28-41(48(37,4)5)49(42,6)65-50/h15-22,31-32,37-42H,7-14,23-30,51H2,1-6H3,(H,52,61)(H,53,59)(H,54,57)(H,55,58)(H,56,60)/t31-,32-,37-,38?,39-,40-,41-,42+,49-/m0/s1. The third-order valence-corrected chi connectivity index (χ3v) is 14.2. The predicted molar refractivity (Wildman–Crippen MR) is 249 cm³/mol. The largest absolute Gasteiger partial charge is 0.481 e. The van der Waals surface area contributed by atoms with Gasteiger partial charge in [0.05, 0.1) is 24.3 Å². The van der Waals surface area contributed by atoms with Gasteiger partial charge in [0, 0.05) is 25.4 Å². The van der Waals surface area contributed by atoms with Crippen molar-refractivity contribution >= 4 is 36.7 Å². The number of carbonyl (C=O) groups excluding carboxylic acids is 5. The summed E-state index contributed by atoms with van der Waals surface area (Å²) in [5, 5.41) is 14.2. The molecule has 2 aliphatic heterocycles. The van der Waals surface area contributed by atoms with Crippen LogP contribution in [0.25, 0.3) is 11.1 Å². The number of carbonyl (C=O) groups is 5. The van der Waals surface area contributed by atoms with Crippen molar-refractivity contribution < 1.29 is 42.8 Å². The van der Waals surface area contributed by atoms with Crippen LogP contribution >= 0.6 is 0 Å². The summed E-state index contributed by atoms with van der Waals surface area (Å²) >= 11 is 0. The molecule has 5 amide bonds. The van der Waals surface area contributed by atoms with Crippen LogP contribution in [0.2, 0.25) is 0 Å². The summed E-state index contributed by atoms with van der Waals surface area (Å²) in [6.45, 7) is 13.4. The Morgan fingerprint density at radius 2 is 1.57 bits per heavy atom. The number of unbranched alkanes of at least 4 members (excludes halogenated alkanes) is 2. The number of hydrogen-bond acceptors (Lipinski definition) is 10. The van der Waals surface area contributed by atoms with E-state index in [-0.39, 0.29) is 37.6 Å². The maximum atomic E-state index is 13.9. The summed E-state index contributed by atoms with van der Waals surface area (Å²) in [6.07, 6.45) is 8.24. The molecule has 16 heteroatoms. The average Bonchev–Trinajstić information content (AvgIpc) is 3.66. The van der Waals surface area contributed by atoms with E-state index >= 15 is 0 Å². The van der Waals surface area contributed by atoms with Crippen LogP contribution in [0.5, 0.6) is 0 Å². The summed E-state index contributed by atoms with van der Waals surface area (Å²) < 4.78 is 24.7. The van der Waals surface area contributed by atoms with Gasteiger partial charge in [-0.15, -0.1) is 0 Å². The first-order valence-electron chi connectivity index (χ1n) is 24.0. The number of nitrogens with one attached hydrogen (secondary N) is 5. The predicted octanol–water partition coefficient (Wildman–Crippen LogP) is 4.39. The highest BCUT2D eigenvalue weighted by molar-refractivity contribution is 6.47. The Balaban J connectivity index is 1.07. The van der Waals surface area contributed by atoms with Gasteiger partial charge in [-0.25, -0.2) is 0 Å². The number of ether oxygens (including phenoxy) is 2. The second kappa shape index (κ2) is 22.9. The van der Waals surface area contributed by atoms with Crippen molar-refractivity contribution in [3.8, 4) is 11.1 Å². The van der Waals surface area contributed by atoms with Crippen LogP contribution in [0.1, 0.15) is 122 Å². The van der Waals surface area contributed by atoms with Gasteiger partial charge < -0.3 is 51.1 Å². The van der Waals surface area contributed by atoms with E-state index < -0.39 is 72.4 Å². The van der Waals surface area contributed by atoms with Crippen molar-refractivity contribution in [2.75, 3.05) is 33.0 Å². The van der Waals surface area contributed by atoms with Gasteiger partial charge in [-0.1, -0.05) is 63.6 Å². The molecule has 65 heavy (non-hydrogen) atoms. The minimum Gasteiger partial charge on any atom is -0.404 e. The number of benzene rings is 2. The van der Waals surface area contributed by atoms with Crippen molar-refractivity contribution in [3.63, 3.8) is 0 Å². The Morgan fingerprint density at radius 3 is 2.25 bits per heavy atom. The molecule has 0 spiro atoms. The number of rotatable bonds is 15. The fourth-order valence-corrected chi connectivity index (χ4v) is 9.88. The van der Waals surface area contributed by atoms with Gasteiger partial charge in [-0.2, -0.15) is 0 Å². The van der Waals surface area contributed by atoms with Crippen LogP contribution in [-0.2, 0) is 44.4 Å². The highest BCUT2D eigenvalue weighted by Gasteiger charge is 2.68. The lowest BCUT2D eigenvalue weighted by atomic mass is 9.43. The molecule has 15 nitrogen and oxygen atoms in total. The summed E-state index contributed by atoms with van der Waals surface area (Å²) in [5.41, 5.74) is 9.19. The second-order valence-electron chi connectivity index (χ2n) is 19.4.